The fourth-order valence-corrected chi connectivity index (χ4v) is 3.01. The molecule has 1 amide bonds. The first kappa shape index (κ1) is 16.6. The van der Waals surface area contributed by atoms with Gasteiger partial charge in [0.25, 0.3) is 11.6 Å². The number of carbonyl (C=O) groups is 2. The van der Waals surface area contributed by atoms with Crippen LogP contribution in [0.2, 0.25) is 0 Å². The van der Waals surface area contributed by atoms with Crippen molar-refractivity contribution in [2.45, 2.75) is 13.3 Å². The van der Waals surface area contributed by atoms with Crippen molar-refractivity contribution in [1.29, 1.82) is 0 Å². The van der Waals surface area contributed by atoms with Crippen LogP contribution in [-0.2, 0) is 11.2 Å². The van der Waals surface area contributed by atoms with Crippen molar-refractivity contribution in [3.63, 3.8) is 0 Å². The maximum absolute atomic E-state index is 12.8. The van der Waals surface area contributed by atoms with Crippen molar-refractivity contribution < 1.29 is 19.2 Å². The molecule has 0 saturated heterocycles. The average Bonchev–Trinajstić information content (AvgIpc) is 3.03. The summed E-state index contributed by atoms with van der Waals surface area (Å²) >= 11 is 0. The van der Waals surface area contributed by atoms with Crippen molar-refractivity contribution in [1.82, 2.24) is 0 Å². The topological polar surface area (TPSA) is 89.8 Å². The third-order valence-electron chi connectivity index (χ3n) is 4.28. The second-order valence-electron chi connectivity index (χ2n) is 5.80. The van der Waals surface area contributed by atoms with E-state index in [0.717, 1.165) is 11.3 Å². The minimum atomic E-state index is -0.469. The van der Waals surface area contributed by atoms with Crippen molar-refractivity contribution >= 4 is 23.3 Å². The first-order valence-corrected chi connectivity index (χ1v) is 7.70. The highest BCUT2D eigenvalue weighted by Gasteiger charge is 2.27. The zero-order valence-corrected chi connectivity index (χ0v) is 13.8. The van der Waals surface area contributed by atoms with E-state index < -0.39 is 10.9 Å². The van der Waals surface area contributed by atoms with Gasteiger partial charge < -0.3 is 9.64 Å². The monoisotopic (exact) mass is 340 g/mol. The van der Waals surface area contributed by atoms with Gasteiger partial charge in [-0.25, -0.2) is 4.79 Å². The molecular formula is C18H16N2O5. The summed E-state index contributed by atoms with van der Waals surface area (Å²) in [4.78, 5) is 36.5. The van der Waals surface area contributed by atoms with Crippen LogP contribution in [0.1, 0.15) is 31.8 Å². The molecule has 2 aromatic rings. The predicted octanol–water partition coefficient (Wildman–Crippen LogP) is 2.89. The van der Waals surface area contributed by atoms with Gasteiger partial charge in [-0.3, -0.25) is 14.9 Å². The molecule has 0 aromatic heterocycles. The van der Waals surface area contributed by atoms with Gasteiger partial charge >= 0.3 is 5.97 Å². The Morgan fingerprint density at radius 3 is 2.52 bits per heavy atom. The molecule has 128 valence electrons. The zero-order valence-electron chi connectivity index (χ0n) is 13.8. The minimum Gasteiger partial charge on any atom is -0.465 e. The molecule has 0 spiro atoms. The Morgan fingerprint density at radius 2 is 1.88 bits per heavy atom. The van der Waals surface area contributed by atoms with Gasteiger partial charge in [0.1, 0.15) is 0 Å². The molecule has 1 heterocycles. The molecule has 0 N–H and O–H groups in total. The molecule has 0 bridgehead atoms. The number of nitrogens with zero attached hydrogens (tertiary/aromatic N) is 2. The number of anilines is 1. The van der Waals surface area contributed by atoms with Crippen LogP contribution < -0.4 is 4.90 Å². The highest BCUT2D eigenvalue weighted by Crippen LogP contribution is 2.31. The average molecular weight is 340 g/mol. The number of hydrogen-bond acceptors (Lipinski definition) is 5. The van der Waals surface area contributed by atoms with E-state index in [9.17, 15) is 19.7 Å². The van der Waals surface area contributed by atoms with Gasteiger partial charge in [0.15, 0.2) is 0 Å². The number of aryl methyl sites for hydroxylation is 1. The largest absolute Gasteiger partial charge is 0.465 e. The van der Waals surface area contributed by atoms with Crippen LogP contribution in [0.5, 0.6) is 0 Å². The normalized spacial score (nSPS) is 12.6. The van der Waals surface area contributed by atoms with E-state index in [1.165, 1.54) is 25.3 Å². The summed E-state index contributed by atoms with van der Waals surface area (Å²) in [6.07, 6.45) is 0.637. The SMILES string of the molecule is COC(=O)c1ccc2c(c1)CCN2C(=O)c1ccc([N+](=O)[O-])c(C)c1. The molecule has 0 atom stereocenters. The standard InChI is InChI=1S/C18H16N2O5/c1-11-9-13(3-5-15(11)20(23)24)17(21)19-8-7-12-10-14(18(22)25-2)4-6-16(12)19/h3-6,9-10H,7-8H2,1-2H3. The summed E-state index contributed by atoms with van der Waals surface area (Å²) in [7, 11) is 1.32. The minimum absolute atomic E-state index is 0.0129. The lowest BCUT2D eigenvalue weighted by Gasteiger charge is -2.18. The summed E-state index contributed by atoms with van der Waals surface area (Å²) < 4.78 is 4.71. The number of ether oxygens (including phenoxy) is 1. The van der Waals surface area contributed by atoms with Gasteiger partial charge in [0, 0.05) is 29.4 Å². The van der Waals surface area contributed by atoms with Crippen molar-refractivity contribution in [2.24, 2.45) is 0 Å². The number of carbonyl (C=O) groups excluding carboxylic acids is 2. The molecule has 0 aliphatic carbocycles. The number of benzene rings is 2. The van der Waals surface area contributed by atoms with Crippen LogP contribution in [0.25, 0.3) is 0 Å². The molecule has 0 radical (unpaired) electrons. The predicted molar refractivity (Wildman–Crippen MR) is 91.0 cm³/mol. The molecule has 2 aromatic carbocycles. The highest BCUT2D eigenvalue weighted by atomic mass is 16.6. The van der Waals surface area contributed by atoms with E-state index in [-0.39, 0.29) is 11.6 Å². The summed E-state index contributed by atoms with van der Waals surface area (Å²) in [6, 6.07) is 9.42. The fraction of sp³-hybridized carbons (Fsp3) is 0.222. The summed E-state index contributed by atoms with van der Waals surface area (Å²) in [5.74, 6) is -0.638. The number of fused-ring (bicyclic) bond motifs is 1. The number of hydrogen-bond donors (Lipinski definition) is 0. The van der Waals surface area contributed by atoms with Crippen molar-refractivity contribution in [3.05, 3.63) is 68.8 Å². The van der Waals surface area contributed by atoms with E-state index in [4.69, 9.17) is 4.74 Å². The summed E-state index contributed by atoms with van der Waals surface area (Å²) in [5, 5.41) is 10.9. The number of nitro benzene ring substituents is 1. The van der Waals surface area contributed by atoms with E-state index in [1.54, 1.807) is 30.0 Å². The lowest BCUT2D eigenvalue weighted by Crippen LogP contribution is -2.28. The Morgan fingerprint density at radius 1 is 1.16 bits per heavy atom. The first-order valence-electron chi connectivity index (χ1n) is 7.70. The molecule has 1 aliphatic heterocycles. The Hall–Kier alpha value is -3.22. The number of rotatable bonds is 3. The van der Waals surface area contributed by atoms with Gasteiger partial charge in [-0.05, 0) is 49.2 Å². The van der Waals surface area contributed by atoms with Crippen LogP contribution in [0.4, 0.5) is 11.4 Å². The maximum atomic E-state index is 12.8. The molecule has 0 unspecified atom stereocenters. The third kappa shape index (κ3) is 2.96. The molecule has 7 nitrogen and oxygen atoms in total. The maximum Gasteiger partial charge on any atom is 0.337 e. The number of nitro groups is 1. The lowest BCUT2D eigenvalue weighted by molar-refractivity contribution is -0.385. The first-order chi connectivity index (χ1) is 11.9. The lowest BCUT2D eigenvalue weighted by atomic mass is 10.1. The summed E-state index contributed by atoms with van der Waals surface area (Å²) in [6.45, 7) is 2.10. The van der Waals surface area contributed by atoms with Crippen LogP contribution in [0.3, 0.4) is 0 Å². The molecule has 1 aliphatic rings. The van der Waals surface area contributed by atoms with Crippen molar-refractivity contribution in [2.75, 3.05) is 18.6 Å². The fourth-order valence-electron chi connectivity index (χ4n) is 3.01. The van der Waals surface area contributed by atoms with Crippen molar-refractivity contribution in [3.8, 4) is 0 Å². The molecular weight excluding hydrogens is 324 g/mol. The second kappa shape index (κ2) is 6.35. The van der Waals surface area contributed by atoms with E-state index in [1.807, 2.05) is 0 Å². The van der Waals surface area contributed by atoms with Gasteiger partial charge in [0.05, 0.1) is 17.6 Å². The van der Waals surface area contributed by atoms with Gasteiger partial charge in [0.2, 0.25) is 0 Å². The smallest absolute Gasteiger partial charge is 0.337 e. The molecule has 0 saturated carbocycles. The highest BCUT2D eigenvalue weighted by molar-refractivity contribution is 6.07. The quantitative estimate of drug-likeness (QED) is 0.487. The Labute approximate surface area is 144 Å². The van der Waals surface area contributed by atoms with Gasteiger partial charge in [-0.2, -0.15) is 0 Å². The number of methoxy groups -OCH3 is 1. The Balaban J connectivity index is 1.90. The van der Waals surface area contributed by atoms with E-state index >= 15 is 0 Å². The van der Waals surface area contributed by atoms with E-state index in [0.29, 0.717) is 29.7 Å². The van der Waals surface area contributed by atoms with Crippen LogP contribution in [0, 0.1) is 17.0 Å². The number of amides is 1. The Kier molecular flexibility index (Phi) is 4.22. The van der Waals surface area contributed by atoms with E-state index in [2.05, 4.69) is 0 Å². The second-order valence-corrected chi connectivity index (χ2v) is 5.80. The van der Waals surface area contributed by atoms with Crippen LogP contribution >= 0.6 is 0 Å². The van der Waals surface area contributed by atoms with Gasteiger partial charge in [-0.1, -0.05) is 0 Å². The van der Waals surface area contributed by atoms with Crippen LogP contribution in [0.15, 0.2) is 36.4 Å². The molecule has 0 fully saturated rings. The Bertz CT molecular complexity index is 891. The number of esters is 1. The molecule has 25 heavy (non-hydrogen) atoms. The van der Waals surface area contributed by atoms with Crippen LogP contribution in [-0.4, -0.2) is 30.5 Å². The summed E-state index contributed by atoms with van der Waals surface area (Å²) in [5.41, 5.74) is 2.91. The zero-order chi connectivity index (χ0) is 18.1. The third-order valence-corrected chi connectivity index (χ3v) is 4.28. The molecule has 7 heteroatoms. The van der Waals surface area contributed by atoms with Gasteiger partial charge in [-0.15, -0.1) is 0 Å². The molecule has 3 rings (SSSR count).